The van der Waals surface area contributed by atoms with Crippen LogP contribution in [0, 0.1) is 0 Å². The Bertz CT molecular complexity index is 1200. The van der Waals surface area contributed by atoms with Gasteiger partial charge in [0, 0.05) is 0 Å². The van der Waals surface area contributed by atoms with Crippen LogP contribution in [-0.4, -0.2) is 54.1 Å². The molecule has 2 saturated carbocycles. The molecule has 4 rings (SSSR count). The van der Waals surface area contributed by atoms with Crippen LogP contribution < -0.4 is 9.47 Å². The molecule has 2 aliphatic carbocycles. The SMILES string of the molecule is C(=NC1CCCCC1)=NC1CCCCC1.COc1cc(/C=C/C(=O)CC(=O)/C=C/c2ccc(O)c(OC)c2)ccc1O. The number of rotatable bonds is 10. The van der Waals surface area contributed by atoms with E-state index >= 15 is 0 Å². The first kappa shape index (κ1) is 32.4. The van der Waals surface area contributed by atoms with Gasteiger partial charge in [-0.3, -0.25) is 9.59 Å². The minimum atomic E-state index is -0.347. The summed E-state index contributed by atoms with van der Waals surface area (Å²) in [5.41, 5.74) is 1.33. The number of ether oxygens (including phenoxy) is 2. The van der Waals surface area contributed by atoms with Gasteiger partial charge in [-0.15, -0.1) is 0 Å². The number of carbonyl (C=O) groups is 2. The van der Waals surface area contributed by atoms with Crippen LogP contribution in [-0.2, 0) is 9.59 Å². The lowest BCUT2D eigenvalue weighted by atomic mass is 9.96. The molecule has 8 nitrogen and oxygen atoms in total. The van der Waals surface area contributed by atoms with Crippen LogP contribution in [0.25, 0.3) is 12.2 Å². The van der Waals surface area contributed by atoms with Crippen LogP contribution in [0.2, 0.25) is 0 Å². The van der Waals surface area contributed by atoms with Crippen molar-refractivity contribution in [1.82, 2.24) is 0 Å². The first-order valence-corrected chi connectivity index (χ1v) is 14.7. The Kier molecular flexibility index (Phi) is 13.6. The van der Waals surface area contributed by atoms with E-state index in [9.17, 15) is 19.8 Å². The Hall–Kier alpha value is -4.16. The molecule has 0 spiro atoms. The summed E-state index contributed by atoms with van der Waals surface area (Å²) in [4.78, 5) is 32.8. The minimum absolute atomic E-state index is 0.00662. The van der Waals surface area contributed by atoms with Crippen LogP contribution in [0.5, 0.6) is 23.0 Å². The zero-order valence-corrected chi connectivity index (χ0v) is 24.6. The van der Waals surface area contributed by atoms with E-state index in [0.29, 0.717) is 34.7 Å². The van der Waals surface area contributed by atoms with Crippen molar-refractivity contribution in [3.63, 3.8) is 0 Å². The van der Waals surface area contributed by atoms with E-state index in [4.69, 9.17) is 9.47 Å². The number of methoxy groups -OCH3 is 2. The Balaban J connectivity index is 0.000000271. The summed E-state index contributed by atoms with van der Waals surface area (Å²) in [5, 5.41) is 19.1. The third-order valence-corrected chi connectivity index (χ3v) is 7.31. The van der Waals surface area contributed by atoms with Crippen LogP contribution >= 0.6 is 0 Å². The Morgan fingerprint density at radius 1 is 0.738 bits per heavy atom. The van der Waals surface area contributed by atoms with E-state index in [1.807, 2.05) is 0 Å². The molecule has 0 amide bonds. The summed E-state index contributed by atoms with van der Waals surface area (Å²) in [6.45, 7) is 0. The van der Waals surface area contributed by atoms with E-state index in [0.717, 1.165) is 0 Å². The standard InChI is InChI=1S/C21H20O6.C13H22N2/c1-26-20-11-14(5-9-18(20)24)3-7-16(22)13-17(23)8-4-15-6-10-19(25)21(12-15)27-2;1-3-7-12(8-4-1)14-11-15-13-9-5-2-6-10-13/h3-12,24-25H,13H2,1-2H3;12-13H,1-10H2/b7-3+,8-4+;. The van der Waals surface area contributed by atoms with Gasteiger partial charge in [0.2, 0.25) is 0 Å². The summed E-state index contributed by atoms with van der Waals surface area (Å²) in [5.74, 6) is -0.0832. The topological polar surface area (TPSA) is 118 Å². The van der Waals surface area contributed by atoms with Crippen LogP contribution in [0.1, 0.15) is 81.8 Å². The van der Waals surface area contributed by atoms with E-state index in [1.54, 1.807) is 36.4 Å². The number of carbonyl (C=O) groups excluding carboxylic acids is 2. The maximum absolute atomic E-state index is 11.9. The zero-order valence-electron chi connectivity index (χ0n) is 24.6. The Morgan fingerprint density at radius 2 is 1.14 bits per heavy atom. The number of hydrogen-bond donors (Lipinski definition) is 2. The van der Waals surface area contributed by atoms with Crippen LogP contribution in [0.4, 0.5) is 0 Å². The highest BCUT2D eigenvalue weighted by Gasteiger charge is 2.12. The number of allylic oxidation sites excluding steroid dienone is 2. The number of phenolic OH excluding ortho intramolecular Hbond substituents is 2. The zero-order chi connectivity index (χ0) is 30.2. The molecule has 42 heavy (non-hydrogen) atoms. The smallest absolute Gasteiger partial charge is 0.163 e. The van der Waals surface area contributed by atoms with Gasteiger partial charge >= 0.3 is 0 Å². The number of phenols is 2. The van der Waals surface area contributed by atoms with Crippen molar-refractivity contribution in [2.24, 2.45) is 9.98 Å². The van der Waals surface area contributed by atoms with Crippen molar-refractivity contribution in [2.75, 3.05) is 14.2 Å². The molecule has 0 radical (unpaired) electrons. The second-order valence-electron chi connectivity index (χ2n) is 10.6. The summed E-state index contributed by atoms with van der Waals surface area (Å²) >= 11 is 0. The number of nitrogens with zero attached hydrogens (tertiary/aromatic N) is 2. The van der Waals surface area contributed by atoms with Gasteiger partial charge in [-0.1, -0.05) is 62.8 Å². The van der Waals surface area contributed by atoms with Gasteiger partial charge in [-0.25, -0.2) is 9.98 Å². The van der Waals surface area contributed by atoms with E-state index in [2.05, 4.69) is 16.0 Å². The quantitative estimate of drug-likeness (QED) is 0.176. The highest BCUT2D eigenvalue weighted by atomic mass is 16.5. The van der Waals surface area contributed by atoms with Crippen molar-refractivity contribution in [3.05, 3.63) is 59.7 Å². The highest BCUT2D eigenvalue weighted by Crippen LogP contribution is 2.28. The molecule has 224 valence electrons. The highest BCUT2D eigenvalue weighted by molar-refractivity contribution is 6.10. The lowest BCUT2D eigenvalue weighted by molar-refractivity contribution is -0.121. The molecule has 2 fully saturated rings. The fourth-order valence-electron chi connectivity index (χ4n) is 4.88. The van der Waals surface area contributed by atoms with Gasteiger partial charge in [0.15, 0.2) is 34.6 Å². The van der Waals surface area contributed by atoms with Crippen molar-refractivity contribution in [1.29, 1.82) is 0 Å². The largest absolute Gasteiger partial charge is 0.504 e. The van der Waals surface area contributed by atoms with Gasteiger partial charge in [0.05, 0.1) is 38.7 Å². The molecule has 0 aliphatic heterocycles. The second-order valence-corrected chi connectivity index (χ2v) is 10.6. The predicted molar refractivity (Wildman–Crippen MR) is 166 cm³/mol. The fraction of sp³-hybridized carbons (Fsp3) is 0.441. The van der Waals surface area contributed by atoms with Crippen molar-refractivity contribution in [3.8, 4) is 23.0 Å². The number of ketones is 2. The normalized spacial score (nSPS) is 15.9. The molecule has 2 N–H and O–H groups in total. The predicted octanol–water partition coefficient (Wildman–Crippen LogP) is 7.20. The number of hydrogen-bond acceptors (Lipinski definition) is 8. The monoisotopic (exact) mass is 574 g/mol. The van der Waals surface area contributed by atoms with E-state index in [1.165, 1.54) is 103 Å². The Morgan fingerprint density at radius 3 is 1.52 bits per heavy atom. The van der Waals surface area contributed by atoms with E-state index in [-0.39, 0.29) is 29.5 Å². The summed E-state index contributed by atoms with van der Waals surface area (Å²) in [6, 6.07) is 13.4. The molecule has 2 aromatic rings. The molecule has 0 heterocycles. The third-order valence-electron chi connectivity index (χ3n) is 7.31. The first-order chi connectivity index (χ1) is 20.4. The molecule has 0 aromatic heterocycles. The number of aromatic hydroxyl groups is 2. The average Bonchev–Trinajstić information content (AvgIpc) is 3.01. The van der Waals surface area contributed by atoms with Gasteiger partial charge in [-0.2, -0.15) is 0 Å². The van der Waals surface area contributed by atoms with Crippen molar-refractivity contribution >= 4 is 29.7 Å². The van der Waals surface area contributed by atoms with Gasteiger partial charge in [-0.05, 0) is 73.2 Å². The number of aliphatic imine (C=N–C) groups is 2. The average molecular weight is 575 g/mol. The minimum Gasteiger partial charge on any atom is -0.504 e. The third kappa shape index (κ3) is 11.4. The van der Waals surface area contributed by atoms with Crippen LogP contribution in [0.3, 0.4) is 0 Å². The molecule has 8 heteroatoms. The van der Waals surface area contributed by atoms with Gasteiger partial charge < -0.3 is 19.7 Å². The first-order valence-electron chi connectivity index (χ1n) is 14.7. The number of benzene rings is 2. The van der Waals surface area contributed by atoms with Crippen LogP contribution in [0.15, 0.2) is 58.5 Å². The molecular weight excluding hydrogens is 532 g/mol. The fourth-order valence-corrected chi connectivity index (χ4v) is 4.88. The molecule has 2 aromatic carbocycles. The second kappa shape index (κ2) is 17.6. The molecule has 2 aliphatic rings. The molecule has 0 bridgehead atoms. The lowest BCUT2D eigenvalue weighted by Gasteiger charge is -2.17. The van der Waals surface area contributed by atoms with Gasteiger partial charge in [0.1, 0.15) is 0 Å². The summed E-state index contributed by atoms with van der Waals surface area (Å²) < 4.78 is 10.00. The molecule has 0 unspecified atom stereocenters. The maximum Gasteiger partial charge on any atom is 0.163 e. The van der Waals surface area contributed by atoms with Gasteiger partial charge in [0.25, 0.3) is 0 Å². The van der Waals surface area contributed by atoms with E-state index < -0.39 is 0 Å². The Labute approximate surface area is 248 Å². The van der Waals surface area contributed by atoms with Crippen molar-refractivity contribution in [2.45, 2.75) is 82.7 Å². The lowest BCUT2D eigenvalue weighted by Crippen LogP contribution is -2.10. The molecule has 0 saturated heterocycles. The van der Waals surface area contributed by atoms with Crippen molar-refractivity contribution < 1.29 is 29.3 Å². The molecular formula is C34H42N2O6. The maximum atomic E-state index is 11.9. The summed E-state index contributed by atoms with van der Waals surface area (Å²) in [7, 11) is 2.87. The summed E-state index contributed by atoms with van der Waals surface area (Å²) in [6.07, 6.45) is 18.6. The molecule has 0 atom stereocenters.